The maximum atomic E-state index is 11.1. The lowest BCUT2D eigenvalue weighted by molar-refractivity contribution is -0.138. The van der Waals surface area contributed by atoms with Crippen LogP contribution in [-0.4, -0.2) is 34.2 Å². The molecule has 0 aliphatic carbocycles. The van der Waals surface area contributed by atoms with Crippen molar-refractivity contribution in [2.45, 2.75) is 33.4 Å². The van der Waals surface area contributed by atoms with Crippen LogP contribution in [-0.2, 0) is 16.1 Å². The van der Waals surface area contributed by atoms with Crippen LogP contribution in [0.5, 0.6) is 0 Å². The maximum Gasteiger partial charge on any atom is 0.326 e. The number of methoxy groups -OCH3 is 1. The first-order valence-electron chi connectivity index (χ1n) is 5.77. The van der Waals surface area contributed by atoms with Crippen molar-refractivity contribution >= 4 is 11.8 Å². The van der Waals surface area contributed by atoms with E-state index in [1.807, 2.05) is 20.8 Å². The molecule has 0 aromatic carbocycles. The predicted molar refractivity (Wildman–Crippen MR) is 67.4 cm³/mol. The Kier molecular flexibility index (Phi) is 5.03. The SMILES string of the molecule is COCc1nc(C)cc(N[C@H](C(=O)O)C(C)C)n1. The molecule has 0 bridgehead atoms. The second-order valence-electron chi connectivity index (χ2n) is 4.45. The van der Waals surface area contributed by atoms with E-state index >= 15 is 0 Å². The van der Waals surface area contributed by atoms with Crippen LogP contribution >= 0.6 is 0 Å². The van der Waals surface area contributed by atoms with E-state index in [1.54, 1.807) is 13.2 Å². The van der Waals surface area contributed by atoms with Crippen molar-refractivity contribution in [3.63, 3.8) is 0 Å². The van der Waals surface area contributed by atoms with Crippen LogP contribution in [0.4, 0.5) is 5.82 Å². The second-order valence-corrected chi connectivity index (χ2v) is 4.45. The standard InChI is InChI=1S/C12H19N3O3/c1-7(2)11(12(16)17)15-9-5-8(3)13-10(14-9)6-18-4/h5,7,11H,6H2,1-4H3,(H,16,17)(H,13,14,15)/t11-/m0/s1. The van der Waals surface area contributed by atoms with Gasteiger partial charge in [-0.1, -0.05) is 13.8 Å². The third-order valence-electron chi connectivity index (χ3n) is 2.41. The van der Waals surface area contributed by atoms with Crippen LogP contribution in [0.3, 0.4) is 0 Å². The Bertz CT molecular complexity index is 421. The van der Waals surface area contributed by atoms with E-state index in [0.717, 1.165) is 5.69 Å². The fourth-order valence-electron chi connectivity index (χ4n) is 1.57. The summed E-state index contributed by atoms with van der Waals surface area (Å²) >= 11 is 0. The van der Waals surface area contributed by atoms with Gasteiger partial charge in [-0.05, 0) is 12.8 Å². The van der Waals surface area contributed by atoms with Gasteiger partial charge in [0, 0.05) is 18.9 Å². The van der Waals surface area contributed by atoms with Crippen LogP contribution in [0.25, 0.3) is 0 Å². The lowest BCUT2D eigenvalue weighted by Crippen LogP contribution is -2.34. The molecule has 1 rings (SSSR count). The van der Waals surface area contributed by atoms with E-state index in [9.17, 15) is 4.79 Å². The van der Waals surface area contributed by atoms with Gasteiger partial charge in [-0.15, -0.1) is 0 Å². The Morgan fingerprint density at radius 2 is 2.17 bits per heavy atom. The topological polar surface area (TPSA) is 84.3 Å². The molecule has 1 aromatic heterocycles. The zero-order chi connectivity index (χ0) is 13.7. The van der Waals surface area contributed by atoms with Crippen molar-refractivity contribution in [1.82, 2.24) is 9.97 Å². The van der Waals surface area contributed by atoms with Gasteiger partial charge in [0.1, 0.15) is 18.5 Å². The summed E-state index contributed by atoms with van der Waals surface area (Å²) in [5.41, 5.74) is 0.771. The van der Waals surface area contributed by atoms with Gasteiger partial charge in [0.25, 0.3) is 0 Å². The van der Waals surface area contributed by atoms with E-state index < -0.39 is 12.0 Å². The maximum absolute atomic E-state index is 11.1. The van der Waals surface area contributed by atoms with Crippen molar-refractivity contribution in [3.8, 4) is 0 Å². The van der Waals surface area contributed by atoms with E-state index in [0.29, 0.717) is 18.2 Å². The van der Waals surface area contributed by atoms with Crippen molar-refractivity contribution in [2.24, 2.45) is 5.92 Å². The molecule has 0 unspecified atom stereocenters. The smallest absolute Gasteiger partial charge is 0.326 e. The molecule has 0 fully saturated rings. The Labute approximate surface area is 106 Å². The number of aryl methyl sites for hydroxylation is 1. The molecule has 100 valence electrons. The van der Waals surface area contributed by atoms with Gasteiger partial charge in [-0.25, -0.2) is 14.8 Å². The largest absolute Gasteiger partial charge is 0.480 e. The second kappa shape index (κ2) is 6.30. The van der Waals surface area contributed by atoms with Crippen molar-refractivity contribution in [2.75, 3.05) is 12.4 Å². The number of carboxylic acid groups (broad SMARTS) is 1. The van der Waals surface area contributed by atoms with Gasteiger partial charge >= 0.3 is 5.97 Å². The summed E-state index contributed by atoms with van der Waals surface area (Å²) in [5.74, 6) is 0.113. The zero-order valence-corrected chi connectivity index (χ0v) is 11.1. The fourth-order valence-corrected chi connectivity index (χ4v) is 1.57. The molecule has 0 saturated carbocycles. The van der Waals surface area contributed by atoms with Gasteiger partial charge in [-0.2, -0.15) is 0 Å². The number of aliphatic carboxylic acids is 1. The number of anilines is 1. The molecule has 0 radical (unpaired) electrons. The van der Waals surface area contributed by atoms with Gasteiger partial charge in [0.2, 0.25) is 0 Å². The van der Waals surface area contributed by atoms with E-state index in [2.05, 4.69) is 15.3 Å². The van der Waals surface area contributed by atoms with Gasteiger partial charge in [0.15, 0.2) is 5.82 Å². The molecule has 1 heterocycles. The summed E-state index contributed by atoms with van der Waals surface area (Å²) in [6.07, 6.45) is 0. The quantitative estimate of drug-likeness (QED) is 0.798. The summed E-state index contributed by atoms with van der Waals surface area (Å²) in [6.45, 7) is 5.82. The summed E-state index contributed by atoms with van der Waals surface area (Å²) in [7, 11) is 1.56. The molecule has 0 spiro atoms. The highest BCUT2D eigenvalue weighted by Gasteiger charge is 2.21. The number of carboxylic acids is 1. The van der Waals surface area contributed by atoms with Crippen molar-refractivity contribution in [3.05, 3.63) is 17.6 Å². The van der Waals surface area contributed by atoms with Gasteiger partial charge in [0.05, 0.1) is 0 Å². The number of rotatable bonds is 6. The average Bonchev–Trinajstić information content (AvgIpc) is 2.24. The number of nitrogens with one attached hydrogen (secondary N) is 1. The molecular formula is C12H19N3O3. The summed E-state index contributed by atoms with van der Waals surface area (Å²) in [4.78, 5) is 19.5. The number of aromatic nitrogens is 2. The number of nitrogens with zero attached hydrogens (tertiary/aromatic N) is 2. The monoisotopic (exact) mass is 253 g/mol. The first kappa shape index (κ1) is 14.4. The predicted octanol–water partition coefficient (Wildman–Crippen LogP) is 1.45. The van der Waals surface area contributed by atoms with Crippen LogP contribution < -0.4 is 5.32 Å². The van der Waals surface area contributed by atoms with Gasteiger partial charge < -0.3 is 15.2 Å². The van der Waals surface area contributed by atoms with Crippen LogP contribution in [0.15, 0.2) is 6.07 Å². The number of carbonyl (C=O) groups is 1. The van der Waals surface area contributed by atoms with Crippen molar-refractivity contribution in [1.29, 1.82) is 0 Å². The highest BCUT2D eigenvalue weighted by Crippen LogP contribution is 2.12. The lowest BCUT2D eigenvalue weighted by atomic mass is 10.1. The molecular weight excluding hydrogens is 234 g/mol. The Morgan fingerprint density at radius 1 is 1.50 bits per heavy atom. The summed E-state index contributed by atoms with van der Waals surface area (Å²) in [5, 5.41) is 12.0. The minimum atomic E-state index is -0.894. The van der Waals surface area contributed by atoms with E-state index in [1.165, 1.54) is 0 Å². The number of ether oxygens (including phenoxy) is 1. The molecule has 0 amide bonds. The van der Waals surface area contributed by atoms with Crippen LogP contribution in [0, 0.1) is 12.8 Å². The normalized spacial score (nSPS) is 12.5. The lowest BCUT2D eigenvalue weighted by Gasteiger charge is -2.19. The fraction of sp³-hybridized carbons (Fsp3) is 0.583. The number of hydrogen-bond acceptors (Lipinski definition) is 5. The highest BCUT2D eigenvalue weighted by molar-refractivity contribution is 5.77. The average molecular weight is 253 g/mol. The van der Waals surface area contributed by atoms with Gasteiger partial charge in [-0.3, -0.25) is 0 Å². The van der Waals surface area contributed by atoms with Crippen molar-refractivity contribution < 1.29 is 14.6 Å². The molecule has 1 atom stereocenters. The minimum Gasteiger partial charge on any atom is -0.480 e. The molecule has 0 saturated heterocycles. The highest BCUT2D eigenvalue weighted by atomic mass is 16.5. The number of hydrogen-bond donors (Lipinski definition) is 2. The molecule has 6 nitrogen and oxygen atoms in total. The Balaban J connectivity index is 2.91. The molecule has 18 heavy (non-hydrogen) atoms. The van der Waals surface area contributed by atoms with E-state index in [-0.39, 0.29) is 5.92 Å². The third kappa shape index (κ3) is 3.96. The zero-order valence-electron chi connectivity index (χ0n) is 11.1. The molecule has 2 N–H and O–H groups in total. The Morgan fingerprint density at radius 3 is 2.67 bits per heavy atom. The molecule has 0 aliphatic heterocycles. The molecule has 1 aromatic rings. The first-order chi connectivity index (χ1) is 8.43. The minimum absolute atomic E-state index is 0.0383. The first-order valence-corrected chi connectivity index (χ1v) is 5.77. The summed E-state index contributed by atoms with van der Waals surface area (Å²) < 4.78 is 4.97. The molecule has 6 heteroatoms. The van der Waals surface area contributed by atoms with Crippen LogP contribution in [0.2, 0.25) is 0 Å². The van der Waals surface area contributed by atoms with E-state index in [4.69, 9.17) is 9.84 Å². The van der Waals surface area contributed by atoms with Crippen LogP contribution in [0.1, 0.15) is 25.4 Å². The molecule has 0 aliphatic rings. The third-order valence-corrected chi connectivity index (χ3v) is 2.41. The Hall–Kier alpha value is -1.69. The summed E-state index contributed by atoms with van der Waals surface area (Å²) in [6, 6.07) is 1.05.